The van der Waals surface area contributed by atoms with Crippen LogP contribution < -0.4 is 5.32 Å². The van der Waals surface area contributed by atoms with E-state index >= 15 is 0 Å². The fourth-order valence-electron chi connectivity index (χ4n) is 1.82. The molecule has 0 heterocycles. The quantitative estimate of drug-likeness (QED) is 0.732. The Morgan fingerprint density at radius 3 is 2.71 bits per heavy atom. The molecule has 2 atom stereocenters. The van der Waals surface area contributed by atoms with Gasteiger partial charge in [-0.15, -0.1) is 11.8 Å². The Hall–Kier alpha value is -0.470. The molecule has 0 bridgehead atoms. The van der Waals surface area contributed by atoms with Crippen LogP contribution in [-0.4, -0.2) is 18.8 Å². The number of hydrogen-bond donors (Lipinski definition) is 1. The van der Waals surface area contributed by atoms with Gasteiger partial charge in [0.25, 0.3) is 0 Å². The molecule has 0 saturated heterocycles. The predicted molar refractivity (Wildman–Crippen MR) is 78.8 cm³/mol. The van der Waals surface area contributed by atoms with Crippen molar-refractivity contribution in [2.45, 2.75) is 44.6 Å². The number of benzene rings is 1. The molecule has 0 aromatic heterocycles. The number of rotatable bonds is 7. The molecule has 1 N–H and O–H groups in total. The van der Waals surface area contributed by atoms with Gasteiger partial charge in [0, 0.05) is 16.7 Å². The van der Waals surface area contributed by atoms with Gasteiger partial charge in [-0.1, -0.05) is 38.0 Å². The molecular weight excluding hydrogens is 226 g/mol. The van der Waals surface area contributed by atoms with Crippen LogP contribution in [0.25, 0.3) is 0 Å². The fraction of sp³-hybridized carbons (Fsp3) is 0.600. The molecule has 0 aliphatic rings. The first kappa shape index (κ1) is 14.6. The molecule has 0 amide bonds. The lowest BCUT2D eigenvalue weighted by atomic mass is 10.0. The average molecular weight is 251 g/mol. The van der Waals surface area contributed by atoms with E-state index in [2.05, 4.69) is 57.4 Å². The summed E-state index contributed by atoms with van der Waals surface area (Å²) in [5.74, 6) is 1.97. The topological polar surface area (TPSA) is 12.0 Å². The molecule has 1 nitrogen and oxygen atoms in total. The van der Waals surface area contributed by atoms with Crippen LogP contribution in [0.5, 0.6) is 0 Å². The van der Waals surface area contributed by atoms with Crippen molar-refractivity contribution in [2.75, 3.05) is 12.8 Å². The molecule has 2 unspecified atom stereocenters. The Morgan fingerprint density at radius 1 is 1.35 bits per heavy atom. The van der Waals surface area contributed by atoms with Crippen LogP contribution in [0.3, 0.4) is 0 Å². The van der Waals surface area contributed by atoms with Crippen molar-refractivity contribution >= 4 is 11.8 Å². The Kier molecular flexibility index (Phi) is 6.68. The van der Waals surface area contributed by atoms with E-state index in [1.165, 1.54) is 23.3 Å². The number of aryl methyl sites for hydroxylation is 1. The summed E-state index contributed by atoms with van der Waals surface area (Å²) in [5, 5.41) is 3.43. The minimum atomic E-state index is 0.621. The van der Waals surface area contributed by atoms with E-state index in [0.717, 1.165) is 11.7 Å². The van der Waals surface area contributed by atoms with E-state index in [1.54, 1.807) is 0 Å². The van der Waals surface area contributed by atoms with Crippen LogP contribution in [0.15, 0.2) is 29.2 Å². The highest BCUT2D eigenvalue weighted by atomic mass is 32.2. The van der Waals surface area contributed by atoms with Crippen molar-refractivity contribution in [1.29, 1.82) is 0 Å². The molecule has 0 radical (unpaired) electrons. The zero-order valence-electron chi connectivity index (χ0n) is 11.5. The molecule has 1 rings (SSSR count). The number of nitrogens with one attached hydrogen (secondary N) is 1. The third-order valence-electron chi connectivity index (χ3n) is 3.23. The smallest absolute Gasteiger partial charge is 0.0161 e. The third kappa shape index (κ3) is 5.60. The van der Waals surface area contributed by atoms with E-state index in [-0.39, 0.29) is 0 Å². The van der Waals surface area contributed by atoms with Crippen molar-refractivity contribution < 1.29 is 0 Å². The van der Waals surface area contributed by atoms with Gasteiger partial charge in [0.05, 0.1) is 0 Å². The Balaban J connectivity index is 2.42. The lowest BCUT2D eigenvalue weighted by Crippen LogP contribution is -2.29. The van der Waals surface area contributed by atoms with E-state index in [9.17, 15) is 0 Å². The van der Waals surface area contributed by atoms with Gasteiger partial charge in [-0.25, -0.2) is 0 Å². The van der Waals surface area contributed by atoms with E-state index in [1.807, 2.05) is 11.8 Å². The van der Waals surface area contributed by atoms with Gasteiger partial charge < -0.3 is 5.32 Å². The second-order valence-corrected chi connectivity index (χ2v) is 5.96. The normalized spacial score (nSPS) is 14.6. The highest BCUT2D eigenvalue weighted by molar-refractivity contribution is 7.99. The number of hydrogen-bond acceptors (Lipinski definition) is 2. The predicted octanol–water partition coefficient (Wildman–Crippen LogP) is 4.11. The highest BCUT2D eigenvalue weighted by Gasteiger charge is 2.10. The fourth-order valence-corrected chi connectivity index (χ4v) is 2.96. The lowest BCUT2D eigenvalue weighted by molar-refractivity contribution is 0.436. The van der Waals surface area contributed by atoms with Gasteiger partial charge >= 0.3 is 0 Å². The lowest BCUT2D eigenvalue weighted by Gasteiger charge is -2.19. The molecule has 2 heteroatoms. The van der Waals surface area contributed by atoms with Crippen molar-refractivity contribution in [3.8, 4) is 0 Å². The Labute approximate surface area is 110 Å². The molecule has 1 aromatic rings. The van der Waals surface area contributed by atoms with Gasteiger partial charge in [0.2, 0.25) is 0 Å². The van der Waals surface area contributed by atoms with Gasteiger partial charge in [-0.2, -0.15) is 0 Å². The molecule has 17 heavy (non-hydrogen) atoms. The molecule has 0 aliphatic heterocycles. The molecule has 96 valence electrons. The van der Waals surface area contributed by atoms with Crippen LogP contribution in [0, 0.1) is 12.8 Å². The van der Waals surface area contributed by atoms with Crippen LogP contribution >= 0.6 is 11.8 Å². The van der Waals surface area contributed by atoms with Crippen LogP contribution in [0.4, 0.5) is 0 Å². The largest absolute Gasteiger partial charge is 0.316 e. The standard InChI is InChI=1S/C15H25NS/c1-5-12(2)9-14(16-4)11-17-15-8-6-7-13(3)10-15/h6-8,10,12,14,16H,5,9,11H2,1-4H3. The first-order valence-corrected chi connectivity index (χ1v) is 7.51. The van der Waals surface area contributed by atoms with Crippen molar-refractivity contribution in [2.24, 2.45) is 5.92 Å². The summed E-state index contributed by atoms with van der Waals surface area (Å²) < 4.78 is 0. The SMILES string of the molecule is CCC(C)CC(CSc1cccc(C)c1)NC. The zero-order valence-corrected chi connectivity index (χ0v) is 12.3. The minimum absolute atomic E-state index is 0.621. The average Bonchev–Trinajstić information content (AvgIpc) is 2.34. The monoisotopic (exact) mass is 251 g/mol. The van der Waals surface area contributed by atoms with E-state index in [0.29, 0.717) is 6.04 Å². The van der Waals surface area contributed by atoms with E-state index < -0.39 is 0 Å². The first-order chi connectivity index (χ1) is 8.15. The maximum atomic E-state index is 3.43. The van der Waals surface area contributed by atoms with Crippen molar-refractivity contribution in [1.82, 2.24) is 5.32 Å². The summed E-state index contributed by atoms with van der Waals surface area (Å²) in [4.78, 5) is 1.38. The van der Waals surface area contributed by atoms with Crippen molar-refractivity contribution in [3.05, 3.63) is 29.8 Å². The van der Waals surface area contributed by atoms with Gasteiger partial charge in [0.15, 0.2) is 0 Å². The molecule has 0 spiro atoms. The summed E-state index contributed by atoms with van der Waals surface area (Å²) in [6.45, 7) is 6.76. The van der Waals surface area contributed by atoms with Crippen LogP contribution in [-0.2, 0) is 0 Å². The van der Waals surface area contributed by atoms with Crippen LogP contribution in [0.1, 0.15) is 32.3 Å². The maximum Gasteiger partial charge on any atom is 0.0161 e. The Morgan fingerprint density at radius 2 is 2.12 bits per heavy atom. The maximum absolute atomic E-state index is 3.43. The van der Waals surface area contributed by atoms with Crippen LogP contribution in [0.2, 0.25) is 0 Å². The summed E-state index contributed by atoms with van der Waals surface area (Å²) >= 11 is 1.96. The van der Waals surface area contributed by atoms with Gasteiger partial charge in [-0.05, 0) is 38.4 Å². The summed E-state index contributed by atoms with van der Waals surface area (Å²) in [6.07, 6.45) is 2.54. The third-order valence-corrected chi connectivity index (χ3v) is 4.39. The highest BCUT2D eigenvalue weighted by Crippen LogP contribution is 2.22. The van der Waals surface area contributed by atoms with Gasteiger partial charge in [0.1, 0.15) is 0 Å². The summed E-state index contributed by atoms with van der Waals surface area (Å²) in [6, 6.07) is 9.38. The molecular formula is C15H25NS. The Bertz CT molecular complexity index is 324. The second-order valence-electron chi connectivity index (χ2n) is 4.86. The molecule has 0 saturated carbocycles. The van der Waals surface area contributed by atoms with Gasteiger partial charge in [-0.3, -0.25) is 0 Å². The summed E-state index contributed by atoms with van der Waals surface area (Å²) in [5.41, 5.74) is 1.35. The zero-order chi connectivity index (χ0) is 12.7. The van der Waals surface area contributed by atoms with E-state index in [4.69, 9.17) is 0 Å². The number of thioether (sulfide) groups is 1. The second kappa shape index (κ2) is 7.78. The first-order valence-electron chi connectivity index (χ1n) is 6.52. The van der Waals surface area contributed by atoms with Crippen molar-refractivity contribution in [3.63, 3.8) is 0 Å². The molecule has 0 aliphatic carbocycles. The minimum Gasteiger partial charge on any atom is -0.316 e. The summed E-state index contributed by atoms with van der Waals surface area (Å²) in [7, 11) is 2.07. The molecule has 1 aromatic carbocycles. The molecule has 0 fully saturated rings.